The zero-order valence-corrected chi connectivity index (χ0v) is 13.7. The number of carbonyl (C=O) groups excluding carboxylic acids is 1. The standard InChI is InChI=1S/C13H18ClNO4S/c1-8(2)9-6-11(14)12(20(17,18)15(3)4)7-10(9)13(16)19-5/h6-8H,1-5H3. The van der Waals surface area contributed by atoms with Gasteiger partial charge >= 0.3 is 5.97 Å². The fourth-order valence-electron chi connectivity index (χ4n) is 1.73. The molecule has 1 aromatic rings. The summed E-state index contributed by atoms with van der Waals surface area (Å²) in [5, 5.41) is 0.0926. The molecule has 112 valence electrons. The number of sulfonamides is 1. The predicted molar refractivity (Wildman–Crippen MR) is 77.8 cm³/mol. The van der Waals surface area contributed by atoms with Crippen LogP contribution < -0.4 is 0 Å². The predicted octanol–water partition coefficient (Wildman–Crippen LogP) is 2.50. The number of nitrogens with zero attached hydrogens (tertiary/aromatic N) is 1. The number of rotatable bonds is 4. The van der Waals surface area contributed by atoms with Gasteiger partial charge in [0, 0.05) is 14.1 Å². The maximum absolute atomic E-state index is 12.2. The summed E-state index contributed by atoms with van der Waals surface area (Å²) in [7, 11) is 0.336. The van der Waals surface area contributed by atoms with Gasteiger partial charge in [-0.1, -0.05) is 25.4 Å². The van der Waals surface area contributed by atoms with Crippen LogP contribution in [-0.2, 0) is 14.8 Å². The molecule has 0 aromatic heterocycles. The second-order valence-electron chi connectivity index (χ2n) is 4.80. The van der Waals surface area contributed by atoms with Gasteiger partial charge in [0.25, 0.3) is 0 Å². The van der Waals surface area contributed by atoms with Crippen LogP contribution in [0.3, 0.4) is 0 Å². The summed E-state index contributed by atoms with van der Waals surface area (Å²) in [4.78, 5) is 11.7. The lowest BCUT2D eigenvalue weighted by molar-refractivity contribution is 0.0598. The number of carbonyl (C=O) groups is 1. The van der Waals surface area contributed by atoms with Gasteiger partial charge in [-0.25, -0.2) is 17.5 Å². The lowest BCUT2D eigenvalue weighted by atomic mass is 9.97. The Morgan fingerprint density at radius 1 is 1.30 bits per heavy atom. The molecule has 0 aliphatic heterocycles. The van der Waals surface area contributed by atoms with Gasteiger partial charge in [-0.2, -0.15) is 0 Å². The highest BCUT2D eigenvalue weighted by Crippen LogP contribution is 2.31. The highest BCUT2D eigenvalue weighted by molar-refractivity contribution is 7.89. The van der Waals surface area contributed by atoms with Crippen LogP contribution in [0.1, 0.15) is 35.7 Å². The van der Waals surface area contributed by atoms with Crippen molar-refractivity contribution in [3.63, 3.8) is 0 Å². The summed E-state index contributed by atoms with van der Waals surface area (Å²) in [6.07, 6.45) is 0. The number of benzene rings is 1. The second kappa shape index (κ2) is 6.11. The van der Waals surface area contributed by atoms with E-state index in [1.54, 1.807) is 0 Å². The van der Waals surface area contributed by atoms with Gasteiger partial charge in [0.05, 0.1) is 17.7 Å². The van der Waals surface area contributed by atoms with Crippen LogP contribution >= 0.6 is 11.6 Å². The molecule has 7 heteroatoms. The van der Waals surface area contributed by atoms with E-state index in [4.69, 9.17) is 16.3 Å². The fraction of sp³-hybridized carbons (Fsp3) is 0.462. The third kappa shape index (κ3) is 3.13. The molecule has 1 aromatic carbocycles. The van der Waals surface area contributed by atoms with E-state index in [0.717, 1.165) is 4.31 Å². The molecule has 1 rings (SSSR count). The Bertz CT molecular complexity index is 624. The van der Waals surface area contributed by atoms with Gasteiger partial charge in [-0.05, 0) is 23.6 Å². The summed E-state index contributed by atoms with van der Waals surface area (Å²) in [6.45, 7) is 3.77. The monoisotopic (exact) mass is 319 g/mol. The van der Waals surface area contributed by atoms with E-state index < -0.39 is 16.0 Å². The van der Waals surface area contributed by atoms with Crippen LogP contribution in [0.2, 0.25) is 5.02 Å². The first-order valence-corrected chi connectivity index (χ1v) is 7.79. The summed E-state index contributed by atoms with van der Waals surface area (Å²) in [5.74, 6) is -0.571. The molecule has 20 heavy (non-hydrogen) atoms. The van der Waals surface area contributed by atoms with E-state index in [9.17, 15) is 13.2 Å². The van der Waals surface area contributed by atoms with Crippen LogP contribution in [0.25, 0.3) is 0 Å². The second-order valence-corrected chi connectivity index (χ2v) is 7.33. The van der Waals surface area contributed by atoms with Crippen molar-refractivity contribution in [3.8, 4) is 0 Å². The Balaban J connectivity index is 3.64. The average Bonchev–Trinajstić information content (AvgIpc) is 2.36. The quantitative estimate of drug-likeness (QED) is 0.800. The number of ether oxygens (including phenoxy) is 1. The molecule has 0 amide bonds. The molecule has 5 nitrogen and oxygen atoms in total. The Morgan fingerprint density at radius 3 is 2.25 bits per heavy atom. The molecular weight excluding hydrogens is 302 g/mol. The highest BCUT2D eigenvalue weighted by Gasteiger charge is 2.25. The lowest BCUT2D eigenvalue weighted by Gasteiger charge is -2.17. The molecule has 0 unspecified atom stereocenters. The first kappa shape index (κ1) is 16.9. The van der Waals surface area contributed by atoms with Gasteiger partial charge in [0.15, 0.2) is 0 Å². The molecular formula is C13H18ClNO4S. The smallest absolute Gasteiger partial charge is 0.338 e. The van der Waals surface area contributed by atoms with E-state index >= 15 is 0 Å². The van der Waals surface area contributed by atoms with Crippen molar-refractivity contribution in [1.82, 2.24) is 4.31 Å². The molecule has 0 heterocycles. The minimum Gasteiger partial charge on any atom is -0.465 e. The Morgan fingerprint density at radius 2 is 1.85 bits per heavy atom. The van der Waals surface area contributed by atoms with Crippen LogP contribution in [0.5, 0.6) is 0 Å². The number of esters is 1. The molecule has 0 bridgehead atoms. The average molecular weight is 320 g/mol. The molecule has 0 aliphatic rings. The minimum atomic E-state index is -3.72. The van der Waals surface area contributed by atoms with Crippen LogP contribution in [-0.4, -0.2) is 39.9 Å². The summed E-state index contributed by atoms with van der Waals surface area (Å²) in [6, 6.07) is 2.79. The maximum Gasteiger partial charge on any atom is 0.338 e. The Kier molecular flexibility index (Phi) is 5.18. The van der Waals surface area contributed by atoms with Gasteiger partial charge in [0.1, 0.15) is 4.90 Å². The van der Waals surface area contributed by atoms with Crippen molar-refractivity contribution < 1.29 is 17.9 Å². The van der Waals surface area contributed by atoms with Crippen LogP contribution in [0, 0.1) is 0 Å². The van der Waals surface area contributed by atoms with Gasteiger partial charge in [-0.15, -0.1) is 0 Å². The number of halogens is 1. The molecule has 0 N–H and O–H groups in total. The molecule has 0 radical (unpaired) electrons. The normalized spacial score (nSPS) is 12.0. The maximum atomic E-state index is 12.2. The van der Waals surface area contributed by atoms with Crippen molar-refractivity contribution in [2.24, 2.45) is 0 Å². The summed E-state index contributed by atoms with van der Waals surface area (Å²) < 4.78 is 30.1. The molecule has 0 spiro atoms. The largest absolute Gasteiger partial charge is 0.465 e. The summed E-state index contributed by atoms with van der Waals surface area (Å²) >= 11 is 6.06. The Labute approximate surface area is 124 Å². The van der Waals surface area contributed by atoms with Gasteiger partial charge in [-0.3, -0.25) is 0 Å². The van der Waals surface area contributed by atoms with Crippen molar-refractivity contribution in [1.29, 1.82) is 0 Å². The first-order valence-electron chi connectivity index (χ1n) is 5.97. The van der Waals surface area contributed by atoms with E-state index in [1.165, 1.54) is 33.3 Å². The van der Waals surface area contributed by atoms with Crippen molar-refractivity contribution in [3.05, 3.63) is 28.3 Å². The van der Waals surface area contributed by atoms with Crippen molar-refractivity contribution in [2.45, 2.75) is 24.7 Å². The van der Waals surface area contributed by atoms with Crippen LogP contribution in [0.15, 0.2) is 17.0 Å². The molecule has 0 aliphatic carbocycles. The number of methoxy groups -OCH3 is 1. The van der Waals surface area contributed by atoms with Gasteiger partial charge in [0.2, 0.25) is 10.0 Å². The first-order chi connectivity index (χ1) is 9.12. The van der Waals surface area contributed by atoms with Crippen molar-refractivity contribution in [2.75, 3.05) is 21.2 Å². The van der Waals surface area contributed by atoms with Crippen molar-refractivity contribution >= 4 is 27.6 Å². The molecule has 0 fully saturated rings. The SMILES string of the molecule is COC(=O)c1cc(S(=O)(=O)N(C)C)c(Cl)cc1C(C)C. The van der Waals surface area contributed by atoms with E-state index in [1.807, 2.05) is 13.8 Å². The third-order valence-corrected chi connectivity index (χ3v) is 5.17. The third-order valence-electron chi connectivity index (χ3n) is 2.89. The van der Waals surface area contributed by atoms with E-state index in [2.05, 4.69) is 0 Å². The Hall–Kier alpha value is -1.11. The highest BCUT2D eigenvalue weighted by atomic mass is 35.5. The summed E-state index contributed by atoms with van der Waals surface area (Å²) in [5.41, 5.74) is 0.867. The van der Waals surface area contributed by atoms with E-state index in [-0.39, 0.29) is 21.4 Å². The topological polar surface area (TPSA) is 63.7 Å². The molecule has 0 atom stereocenters. The minimum absolute atomic E-state index is 0.0118. The number of hydrogen-bond donors (Lipinski definition) is 0. The lowest BCUT2D eigenvalue weighted by Crippen LogP contribution is -2.23. The zero-order chi connectivity index (χ0) is 15.7. The van der Waals surface area contributed by atoms with Gasteiger partial charge < -0.3 is 4.74 Å². The number of hydrogen-bond acceptors (Lipinski definition) is 4. The fourth-order valence-corrected chi connectivity index (χ4v) is 3.16. The molecule has 0 saturated carbocycles. The zero-order valence-electron chi connectivity index (χ0n) is 12.1. The van der Waals surface area contributed by atoms with E-state index in [0.29, 0.717) is 5.56 Å². The molecule has 0 saturated heterocycles. The van der Waals surface area contributed by atoms with Crippen LogP contribution in [0.4, 0.5) is 0 Å².